The molecule has 0 aliphatic heterocycles. The predicted octanol–water partition coefficient (Wildman–Crippen LogP) is 6.19. The second-order valence-corrected chi connectivity index (χ2v) is 8.10. The lowest BCUT2D eigenvalue weighted by molar-refractivity contribution is -0.140. The zero-order valence-corrected chi connectivity index (χ0v) is 20.4. The second-order valence-electron chi connectivity index (χ2n) is 8.10. The van der Waals surface area contributed by atoms with Crippen LogP contribution in [0.2, 0.25) is 0 Å². The average Bonchev–Trinajstić information content (AvgIpc) is 2.88. The molecule has 0 aliphatic carbocycles. The Morgan fingerprint density at radius 2 is 1.35 bits per heavy atom. The molecule has 3 aromatic rings. The summed E-state index contributed by atoms with van der Waals surface area (Å²) in [5, 5.41) is 11.3. The summed E-state index contributed by atoms with van der Waals surface area (Å²) in [5.41, 5.74) is 4.22. The largest absolute Gasteiger partial charge is 0.468 e. The fourth-order valence-corrected chi connectivity index (χ4v) is 4.03. The molecule has 3 aromatic carbocycles. The van der Waals surface area contributed by atoms with Gasteiger partial charge in [-0.05, 0) is 55.5 Å². The third-order valence-corrected chi connectivity index (χ3v) is 5.81. The molecule has 5 heteroatoms. The maximum absolute atomic E-state index is 11.3. The van der Waals surface area contributed by atoms with Crippen LogP contribution in [0.5, 0.6) is 5.75 Å². The second kappa shape index (κ2) is 13.9. The maximum atomic E-state index is 11.3. The predicted molar refractivity (Wildman–Crippen MR) is 134 cm³/mol. The van der Waals surface area contributed by atoms with Crippen molar-refractivity contribution in [2.45, 2.75) is 45.0 Å². The Kier molecular flexibility index (Phi) is 10.6. The van der Waals surface area contributed by atoms with Crippen molar-refractivity contribution in [3.8, 4) is 5.75 Å². The third kappa shape index (κ3) is 7.40. The van der Waals surface area contributed by atoms with Gasteiger partial charge in [0.25, 0.3) is 0 Å². The molecule has 182 valence electrons. The maximum Gasteiger partial charge on any atom is 0.188 e. The summed E-state index contributed by atoms with van der Waals surface area (Å²) in [6, 6.07) is 26.2. The van der Waals surface area contributed by atoms with Crippen molar-refractivity contribution < 1.29 is 24.1 Å². The first-order valence-electron chi connectivity index (χ1n) is 11.9. The Hall–Kier alpha value is -2.70. The van der Waals surface area contributed by atoms with Gasteiger partial charge in [-0.3, -0.25) is 0 Å². The summed E-state index contributed by atoms with van der Waals surface area (Å²) < 4.78 is 21.8. The van der Waals surface area contributed by atoms with Gasteiger partial charge in [-0.15, -0.1) is 0 Å². The fraction of sp³-hybridized carbons (Fsp3) is 0.379. The summed E-state index contributed by atoms with van der Waals surface area (Å²) in [4.78, 5) is 0. The van der Waals surface area contributed by atoms with E-state index in [-0.39, 0.29) is 19.0 Å². The summed E-state index contributed by atoms with van der Waals surface area (Å²) in [7, 11) is 1.59. The van der Waals surface area contributed by atoms with Crippen LogP contribution >= 0.6 is 0 Å². The highest BCUT2D eigenvalue weighted by Gasteiger charge is 2.23. The fourth-order valence-electron chi connectivity index (χ4n) is 4.03. The van der Waals surface area contributed by atoms with Gasteiger partial charge in [0.1, 0.15) is 5.75 Å². The molecule has 34 heavy (non-hydrogen) atoms. The van der Waals surface area contributed by atoms with E-state index < -0.39 is 6.10 Å². The summed E-state index contributed by atoms with van der Waals surface area (Å²) in [6.45, 7) is 5.33. The highest BCUT2D eigenvalue weighted by Crippen LogP contribution is 2.35. The lowest BCUT2D eigenvalue weighted by Crippen LogP contribution is -2.12. The zero-order valence-electron chi connectivity index (χ0n) is 20.4. The molecule has 0 spiro atoms. The zero-order chi connectivity index (χ0) is 24.2. The smallest absolute Gasteiger partial charge is 0.188 e. The Bertz CT molecular complexity index is 935. The van der Waals surface area contributed by atoms with Crippen LogP contribution in [-0.2, 0) is 20.6 Å². The van der Waals surface area contributed by atoms with Crippen LogP contribution in [0, 0.1) is 0 Å². The number of aryl methyl sites for hydroxylation is 1. The van der Waals surface area contributed by atoms with Crippen molar-refractivity contribution in [1.82, 2.24) is 0 Å². The molecule has 0 amide bonds. The van der Waals surface area contributed by atoms with E-state index in [0.717, 1.165) is 29.5 Å². The Labute approximate surface area is 203 Å². The van der Waals surface area contributed by atoms with Crippen LogP contribution in [0.3, 0.4) is 0 Å². The Morgan fingerprint density at radius 1 is 0.735 bits per heavy atom. The average molecular weight is 465 g/mol. The SMILES string of the molecule is CCOC(OCC)c1ccc(CCC(c2ccccc2)C(O)c2ccc(OCOC)cc2)cc1. The van der Waals surface area contributed by atoms with Crippen molar-refractivity contribution in [2.75, 3.05) is 27.1 Å². The molecule has 0 aliphatic rings. The van der Waals surface area contributed by atoms with Gasteiger partial charge < -0.3 is 24.1 Å². The molecule has 0 aromatic heterocycles. The van der Waals surface area contributed by atoms with Gasteiger partial charge in [0.2, 0.25) is 0 Å². The number of hydrogen-bond acceptors (Lipinski definition) is 5. The lowest BCUT2D eigenvalue weighted by atomic mass is 9.84. The van der Waals surface area contributed by atoms with Crippen molar-refractivity contribution in [1.29, 1.82) is 0 Å². The van der Waals surface area contributed by atoms with Crippen LogP contribution in [-0.4, -0.2) is 32.2 Å². The van der Waals surface area contributed by atoms with Crippen LogP contribution in [0.15, 0.2) is 78.9 Å². The molecule has 0 fully saturated rings. The van der Waals surface area contributed by atoms with E-state index in [1.807, 2.05) is 56.3 Å². The summed E-state index contributed by atoms with van der Waals surface area (Å²) in [5.74, 6) is 0.678. The van der Waals surface area contributed by atoms with E-state index in [1.165, 1.54) is 5.56 Å². The molecule has 0 bridgehead atoms. The van der Waals surface area contributed by atoms with E-state index >= 15 is 0 Å². The van der Waals surface area contributed by atoms with E-state index in [4.69, 9.17) is 18.9 Å². The van der Waals surface area contributed by atoms with Gasteiger partial charge in [0.15, 0.2) is 13.1 Å². The molecule has 0 heterocycles. The lowest BCUT2D eigenvalue weighted by Gasteiger charge is -2.24. The van der Waals surface area contributed by atoms with Crippen LogP contribution in [0.4, 0.5) is 0 Å². The molecule has 0 radical (unpaired) electrons. The van der Waals surface area contributed by atoms with Gasteiger partial charge in [-0.1, -0.05) is 66.7 Å². The van der Waals surface area contributed by atoms with Gasteiger partial charge in [-0.2, -0.15) is 0 Å². The molecular weight excluding hydrogens is 428 g/mol. The Morgan fingerprint density at radius 3 is 1.94 bits per heavy atom. The van der Waals surface area contributed by atoms with E-state index in [9.17, 15) is 5.11 Å². The number of benzene rings is 3. The molecule has 3 rings (SSSR count). The van der Waals surface area contributed by atoms with Crippen molar-refractivity contribution in [3.63, 3.8) is 0 Å². The standard InChI is InChI=1S/C29H36O5/c1-4-32-29(33-5-2)25-14-11-22(12-15-25)13-20-27(23-9-7-6-8-10-23)28(30)24-16-18-26(19-17-24)34-21-31-3/h6-12,14-19,27-30H,4-5,13,20-21H2,1-3H3. The minimum atomic E-state index is -0.626. The van der Waals surface area contributed by atoms with Crippen LogP contribution in [0.1, 0.15) is 60.8 Å². The van der Waals surface area contributed by atoms with E-state index in [1.54, 1.807) is 7.11 Å². The molecule has 2 unspecified atom stereocenters. The van der Waals surface area contributed by atoms with Gasteiger partial charge >= 0.3 is 0 Å². The van der Waals surface area contributed by atoms with Crippen molar-refractivity contribution >= 4 is 0 Å². The number of rotatable bonds is 14. The molecule has 1 N–H and O–H groups in total. The number of aliphatic hydroxyl groups excluding tert-OH is 1. The van der Waals surface area contributed by atoms with Crippen molar-refractivity contribution in [3.05, 3.63) is 101 Å². The molecule has 0 saturated heterocycles. The third-order valence-electron chi connectivity index (χ3n) is 5.81. The highest BCUT2D eigenvalue weighted by atomic mass is 16.7. The van der Waals surface area contributed by atoms with Crippen molar-refractivity contribution in [2.24, 2.45) is 0 Å². The topological polar surface area (TPSA) is 57.2 Å². The normalized spacial score (nSPS) is 13.1. The van der Waals surface area contributed by atoms with Gasteiger partial charge in [-0.25, -0.2) is 0 Å². The first-order chi connectivity index (χ1) is 16.7. The number of hydrogen-bond donors (Lipinski definition) is 1. The summed E-state index contributed by atoms with van der Waals surface area (Å²) >= 11 is 0. The van der Waals surface area contributed by atoms with E-state index in [0.29, 0.717) is 19.0 Å². The minimum Gasteiger partial charge on any atom is -0.468 e. The molecule has 0 saturated carbocycles. The molecule has 2 atom stereocenters. The van der Waals surface area contributed by atoms with Crippen LogP contribution < -0.4 is 4.74 Å². The minimum absolute atomic E-state index is 0.0359. The highest BCUT2D eigenvalue weighted by molar-refractivity contribution is 5.32. The summed E-state index contributed by atoms with van der Waals surface area (Å²) in [6.07, 6.45) is 0.698. The molecular formula is C29H36O5. The number of aliphatic hydroxyl groups is 1. The first kappa shape index (κ1) is 25.9. The first-order valence-corrected chi connectivity index (χ1v) is 11.9. The molecule has 5 nitrogen and oxygen atoms in total. The van der Waals surface area contributed by atoms with Gasteiger partial charge in [0, 0.05) is 31.8 Å². The Balaban J connectivity index is 1.72. The van der Waals surface area contributed by atoms with Gasteiger partial charge in [0.05, 0.1) is 6.10 Å². The monoisotopic (exact) mass is 464 g/mol. The quantitative estimate of drug-likeness (QED) is 0.288. The number of methoxy groups -OCH3 is 1. The number of ether oxygens (including phenoxy) is 4. The van der Waals surface area contributed by atoms with Crippen LogP contribution in [0.25, 0.3) is 0 Å². The van der Waals surface area contributed by atoms with E-state index in [2.05, 4.69) is 36.4 Å².